The Morgan fingerprint density at radius 3 is 2.59 bits per heavy atom. The van der Waals surface area contributed by atoms with Crippen LogP contribution in [0, 0.1) is 0 Å². The number of carboxylic acid groups (broad SMARTS) is 2. The second kappa shape index (κ2) is 15.6. The first-order valence-electron chi connectivity index (χ1n) is 15.5. The number of thioether (sulfide) groups is 1. The number of oxime groups is 2. The molecule has 22 nitrogen and oxygen atoms in total. The number of nitrogen functional groups attached to an aromatic ring is 1. The molecular weight excluding hydrogens is 780 g/mol. The average Bonchev–Trinajstić information content (AvgIpc) is 3.83. The van der Waals surface area contributed by atoms with E-state index in [0.29, 0.717) is 0 Å². The van der Waals surface area contributed by atoms with Crippen molar-refractivity contribution in [3.63, 3.8) is 0 Å². The summed E-state index contributed by atoms with van der Waals surface area (Å²) in [7, 11) is 0. The quantitative estimate of drug-likeness (QED) is 0.0400. The van der Waals surface area contributed by atoms with Crippen LogP contribution < -0.4 is 16.4 Å². The number of nitrogens with one attached hydrogen (secondary N) is 2. The molecule has 54 heavy (non-hydrogen) atoms. The number of hydrogen-bond donors (Lipinski definition) is 7. The van der Waals surface area contributed by atoms with Crippen LogP contribution in [0.3, 0.4) is 0 Å². The average molecular weight is 811 g/mol. The number of benzene rings is 1. The molecule has 3 saturated heterocycles. The fourth-order valence-electron chi connectivity index (χ4n) is 5.05. The van der Waals surface area contributed by atoms with Crippen molar-refractivity contribution >= 4 is 93.7 Å². The molecule has 0 bridgehead atoms. The molecule has 3 aliphatic rings. The monoisotopic (exact) mass is 810 g/mol. The number of thiazole rings is 1. The van der Waals surface area contributed by atoms with Gasteiger partial charge in [0.15, 0.2) is 22.3 Å². The lowest BCUT2D eigenvalue weighted by atomic mass is 10.1. The van der Waals surface area contributed by atoms with Crippen LogP contribution in [0.1, 0.15) is 29.9 Å². The Morgan fingerprint density at radius 1 is 1.19 bits per heavy atom. The number of hydrogen-bond acceptors (Lipinski definition) is 17. The van der Waals surface area contributed by atoms with Crippen molar-refractivity contribution in [2.24, 2.45) is 15.4 Å². The SMILES string of the molecule is CC(C)(O/N=C(\C(=O)N[C@@H]1C(=O)N2C[C@@](C(=O)O)(N3CCN(/N=C/C=N/OCCNC(=O)c4ccc(O)c(O)c4Cl)C3=O)S[C@H]12)c1csc(N)n1)C(=O)O. The van der Waals surface area contributed by atoms with Crippen LogP contribution >= 0.6 is 34.7 Å². The number of nitrogens with zero attached hydrogens (tertiary/aromatic N) is 7. The number of fused-ring (bicyclic) bond motifs is 1. The predicted octanol–water partition coefficient (Wildman–Crippen LogP) is -0.290. The number of anilines is 1. The number of carboxylic acids is 2. The number of carbonyl (C=O) groups excluding carboxylic acids is 4. The van der Waals surface area contributed by atoms with Crippen LogP contribution in [0.15, 0.2) is 32.9 Å². The first kappa shape index (κ1) is 39.3. The predicted molar refractivity (Wildman–Crippen MR) is 190 cm³/mol. The molecule has 5 rings (SSSR count). The van der Waals surface area contributed by atoms with Gasteiger partial charge < -0.3 is 51.4 Å². The number of phenolic OH excluding ortho intramolecular Hbond substituents is 2. The maximum Gasteiger partial charge on any atom is 0.350 e. The van der Waals surface area contributed by atoms with Gasteiger partial charge in [-0.15, -0.1) is 11.3 Å². The minimum Gasteiger partial charge on any atom is -0.504 e. The molecule has 2 aromatic rings. The van der Waals surface area contributed by atoms with Crippen molar-refractivity contribution in [3.05, 3.63) is 33.8 Å². The summed E-state index contributed by atoms with van der Waals surface area (Å²) in [6.07, 6.45) is 2.22. The van der Waals surface area contributed by atoms with Crippen LogP contribution in [0.5, 0.6) is 11.5 Å². The highest BCUT2D eigenvalue weighted by Gasteiger charge is 2.66. The van der Waals surface area contributed by atoms with Gasteiger partial charge in [0.25, 0.3) is 11.8 Å². The minimum absolute atomic E-state index is 0.0108. The van der Waals surface area contributed by atoms with Gasteiger partial charge in [0.1, 0.15) is 23.7 Å². The summed E-state index contributed by atoms with van der Waals surface area (Å²) in [4.78, 5) is 90.7. The second-order valence-electron chi connectivity index (χ2n) is 11.9. The highest BCUT2D eigenvalue weighted by atomic mass is 35.5. The van der Waals surface area contributed by atoms with E-state index >= 15 is 0 Å². The Hall–Kier alpha value is -5.88. The molecule has 0 spiro atoms. The fraction of sp³-hybridized carbons (Fsp3) is 0.379. The molecule has 4 heterocycles. The Labute approximate surface area is 317 Å². The highest BCUT2D eigenvalue weighted by molar-refractivity contribution is 8.02. The van der Waals surface area contributed by atoms with Gasteiger partial charge in [-0.1, -0.05) is 33.7 Å². The summed E-state index contributed by atoms with van der Waals surface area (Å²) in [6, 6.07) is 0.316. The normalized spacial score (nSPS) is 21.4. The third-order valence-electron chi connectivity index (χ3n) is 7.97. The summed E-state index contributed by atoms with van der Waals surface area (Å²) in [5.74, 6) is -6.13. The van der Waals surface area contributed by atoms with Gasteiger partial charge in [0, 0.05) is 11.9 Å². The molecule has 0 saturated carbocycles. The lowest BCUT2D eigenvalue weighted by Gasteiger charge is -2.41. The van der Waals surface area contributed by atoms with Crippen molar-refractivity contribution in [1.29, 1.82) is 0 Å². The molecule has 1 aromatic heterocycles. The zero-order valence-corrected chi connectivity index (χ0v) is 30.4. The molecule has 3 fully saturated rings. The molecule has 8 N–H and O–H groups in total. The van der Waals surface area contributed by atoms with E-state index < -0.39 is 81.3 Å². The Kier molecular flexibility index (Phi) is 11.4. The zero-order valence-electron chi connectivity index (χ0n) is 28.0. The number of urea groups is 1. The standard InChI is InChI=1S/C29H31ClN10O12S2/c1-28(2,24(46)47)52-37-17(14-11-53-26(31)35-14)21(44)36-18-22(45)38-12-29(25(48)49,54-23(18)38)39-8-9-40(27(39)50)33-5-6-34-51-10-7-32-20(43)13-3-4-15(41)19(42)16(13)30/h3-6,11,18,23,41-42H,7-10,12H2,1-2H3,(H2,31,35)(H,32,43)(H,36,44)(H,46,47)(H,48,49)/b33-5+,34-6+,37-17-/t18-,23-,29-/m1/s1. The Bertz CT molecular complexity index is 1980. The number of amides is 5. The molecule has 1 aromatic carbocycles. The van der Waals surface area contributed by atoms with Crippen molar-refractivity contribution in [2.45, 2.75) is 35.7 Å². The fourth-order valence-corrected chi connectivity index (χ4v) is 7.48. The number of phenols is 2. The summed E-state index contributed by atoms with van der Waals surface area (Å²) in [5, 5.41) is 56.3. The van der Waals surface area contributed by atoms with Gasteiger partial charge in [-0.25, -0.2) is 24.4 Å². The van der Waals surface area contributed by atoms with Gasteiger partial charge in [-0.2, -0.15) is 5.10 Å². The Balaban J connectivity index is 1.16. The number of carbonyl (C=O) groups is 6. The molecule has 5 amide bonds. The number of aliphatic carboxylic acids is 2. The van der Waals surface area contributed by atoms with E-state index in [1.54, 1.807) is 0 Å². The number of nitrogens with two attached hydrogens (primary N) is 1. The Morgan fingerprint density at radius 2 is 1.93 bits per heavy atom. The van der Waals surface area contributed by atoms with Crippen LogP contribution in [0.25, 0.3) is 0 Å². The van der Waals surface area contributed by atoms with Gasteiger partial charge in [0.05, 0.1) is 42.6 Å². The van der Waals surface area contributed by atoms with Crippen LogP contribution in [0.2, 0.25) is 5.02 Å². The molecule has 0 aliphatic carbocycles. The molecule has 288 valence electrons. The largest absolute Gasteiger partial charge is 0.504 e. The van der Waals surface area contributed by atoms with Crippen LogP contribution in [-0.4, -0.2) is 149 Å². The van der Waals surface area contributed by atoms with E-state index in [-0.39, 0.29) is 47.7 Å². The first-order chi connectivity index (χ1) is 25.5. The number of halogens is 1. The minimum atomic E-state index is -1.93. The van der Waals surface area contributed by atoms with E-state index in [1.807, 2.05) is 0 Å². The summed E-state index contributed by atoms with van der Waals surface area (Å²) >= 11 is 7.61. The number of rotatable bonds is 15. The number of β-lactam (4-membered cyclic amide) rings is 1. The second-order valence-corrected chi connectivity index (χ2v) is 14.6. The molecule has 3 atom stereocenters. The zero-order chi connectivity index (χ0) is 39.5. The van der Waals surface area contributed by atoms with Gasteiger partial charge in [-0.3, -0.25) is 19.3 Å². The van der Waals surface area contributed by atoms with Crippen LogP contribution in [-0.2, 0) is 28.9 Å². The lowest BCUT2D eigenvalue weighted by Crippen LogP contribution is -2.68. The molecule has 0 radical (unpaired) electrons. The van der Waals surface area contributed by atoms with Crippen molar-refractivity contribution in [1.82, 2.24) is 30.4 Å². The highest BCUT2D eigenvalue weighted by Crippen LogP contribution is 2.49. The third kappa shape index (κ3) is 7.74. The number of aromatic hydroxyl groups is 2. The topological polar surface area (TPSA) is 312 Å². The maximum absolute atomic E-state index is 13.3. The third-order valence-corrected chi connectivity index (χ3v) is 10.7. The lowest BCUT2D eigenvalue weighted by molar-refractivity contribution is -0.161. The summed E-state index contributed by atoms with van der Waals surface area (Å²) in [5.41, 5.74) is 3.26. The number of aromatic nitrogens is 1. The smallest absolute Gasteiger partial charge is 0.350 e. The van der Waals surface area contributed by atoms with Crippen molar-refractivity contribution < 1.29 is 58.9 Å². The van der Waals surface area contributed by atoms with E-state index in [1.165, 1.54) is 30.2 Å². The van der Waals surface area contributed by atoms with E-state index in [4.69, 9.17) is 27.0 Å². The first-order valence-corrected chi connectivity index (χ1v) is 17.6. The molecule has 25 heteroatoms. The van der Waals surface area contributed by atoms with E-state index in [0.717, 1.165) is 51.5 Å². The van der Waals surface area contributed by atoms with Crippen molar-refractivity contribution in [3.8, 4) is 11.5 Å². The maximum atomic E-state index is 13.3. The van der Waals surface area contributed by atoms with Gasteiger partial charge in [-0.05, 0) is 26.0 Å². The van der Waals surface area contributed by atoms with E-state index in [9.17, 15) is 49.2 Å². The van der Waals surface area contributed by atoms with Crippen LogP contribution in [0.4, 0.5) is 9.93 Å². The molecular formula is C29H31ClN10O12S2. The molecule has 0 unspecified atom stereocenters. The van der Waals surface area contributed by atoms with Crippen molar-refractivity contribution in [2.75, 3.05) is 38.5 Å². The summed E-state index contributed by atoms with van der Waals surface area (Å²) < 4.78 is 0. The van der Waals surface area contributed by atoms with E-state index in [2.05, 4.69) is 31.0 Å². The molecule has 3 aliphatic heterocycles. The number of hydrazone groups is 1. The van der Waals surface area contributed by atoms with Gasteiger partial charge in [0.2, 0.25) is 16.4 Å². The summed E-state index contributed by atoms with van der Waals surface area (Å²) in [6.45, 7) is 1.82. The van der Waals surface area contributed by atoms with Gasteiger partial charge >= 0.3 is 18.0 Å².